The number of rotatable bonds is 3. The van der Waals surface area contributed by atoms with Crippen molar-refractivity contribution in [1.82, 2.24) is 0 Å². The van der Waals surface area contributed by atoms with Crippen molar-refractivity contribution in [2.45, 2.75) is 4.90 Å². The summed E-state index contributed by atoms with van der Waals surface area (Å²) in [6, 6.07) is 9.14. The summed E-state index contributed by atoms with van der Waals surface area (Å²) in [5, 5.41) is 2.27. The van der Waals surface area contributed by atoms with Gasteiger partial charge in [-0.2, -0.15) is 0 Å². The molecule has 0 aromatic heterocycles. The Bertz CT molecular complexity index is 809. The van der Waals surface area contributed by atoms with E-state index in [0.717, 1.165) is 12.1 Å². The van der Waals surface area contributed by atoms with Gasteiger partial charge in [-0.1, -0.05) is 23.7 Å². The molecule has 0 aliphatic heterocycles. The standard InChI is InChI=1S/C13H8Cl2FNO3S/c14-10-7-8(5-6-12(10)21(15,19)20)17-13(18)9-3-1-2-4-11(9)16/h1-7H,(H,17,18). The lowest BCUT2D eigenvalue weighted by atomic mass is 10.2. The molecule has 21 heavy (non-hydrogen) atoms. The first kappa shape index (κ1) is 15.8. The third-order valence-electron chi connectivity index (χ3n) is 2.57. The predicted octanol–water partition coefficient (Wildman–Crippen LogP) is 3.66. The minimum Gasteiger partial charge on any atom is -0.322 e. The molecule has 1 amide bonds. The minimum atomic E-state index is -3.97. The average Bonchev–Trinajstić information content (AvgIpc) is 2.37. The maximum absolute atomic E-state index is 13.5. The van der Waals surface area contributed by atoms with Crippen molar-refractivity contribution in [1.29, 1.82) is 0 Å². The molecule has 0 fully saturated rings. The van der Waals surface area contributed by atoms with Crippen LogP contribution in [0.25, 0.3) is 0 Å². The van der Waals surface area contributed by atoms with Crippen molar-refractivity contribution >= 4 is 42.9 Å². The van der Waals surface area contributed by atoms with Crippen LogP contribution in [-0.2, 0) is 9.05 Å². The van der Waals surface area contributed by atoms with E-state index < -0.39 is 20.8 Å². The molecule has 4 nitrogen and oxygen atoms in total. The lowest BCUT2D eigenvalue weighted by Gasteiger charge is -2.08. The third-order valence-corrected chi connectivity index (χ3v) is 4.38. The molecule has 1 N–H and O–H groups in total. The molecule has 0 aliphatic carbocycles. The Morgan fingerprint density at radius 2 is 1.81 bits per heavy atom. The van der Waals surface area contributed by atoms with E-state index in [1.807, 2.05) is 0 Å². The molecule has 0 aliphatic rings. The van der Waals surface area contributed by atoms with Crippen LogP contribution in [0.15, 0.2) is 47.4 Å². The number of carbonyl (C=O) groups excluding carboxylic acids is 1. The van der Waals surface area contributed by atoms with Crippen molar-refractivity contribution < 1.29 is 17.6 Å². The van der Waals surface area contributed by atoms with Crippen LogP contribution in [0, 0.1) is 5.82 Å². The Kier molecular flexibility index (Phi) is 4.51. The third kappa shape index (κ3) is 3.72. The van der Waals surface area contributed by atoms with Crippen LogP contribution in [-0.4, -0.2) is 14.3 Å². The Morgan fingerprint density at radius 3 is 2.38 bits per heavy atom. The molecule has 0 spiro atoms. The van der Waals surface area contributed by atoms with Gasteiger partial charge in [-0.15, -0.1) is 0 Å². The number of nitrogens with one attached hydrogen (secondary N) is 1. The van der Waals surface area contributed by atoms with Crippen molar-refractivity contribution in [3.8, 4) is 0 Å². The maximum Gasteiger partial charge on any atom is 0.262 e. The van der Waals surface area contributed by atoms with Crippen LogP contribution in [0.4, 0.5) is 10.1 Å². The second-order valence-electron chi connectivity index (χ2n) is 4.02. The monoisotopic (exact) mass is 347 g/mol. The number of hydrogen-bond donors (Lipinski definition) is 1. The Hall–Kier alpha value is -1.63. The van der Waals surface area contributed by atoms with Crippen molar-refractivity contribution in [3.05, 3.63) is 58.9 Å². The maximum atomic E-state index is 13.5. The summed E-state index contributed by atoms with van der Waals surface area (Å²) in [6.07, 6.45) is 0. The lowest BCUT2D eigenvalue weighted by molar-refractivity contribution is 0.102. The van der Waals surface area contributed by atoms with Crippen LogP contribution in [0.3, 0.4) is 0 Å². The van der Waals surface area contributed by atoms with Gasteiger partial charge in [0.1, 0.15) is 10.7 Å². The molecular formula is C13H8Cl2FNO3S. The highest BCUT2D eigenvalue weighted by Gasteiger charge is 2.16. The second kappa shape index (κ2) is 6.01. The fourth-order valence-electron chi connectivity index (χ4n) is 1.62. The fraction of sp³-hybridized carbons (Fsp3) is 0. The zero-order valence-electron chi connectivity index (χ0n) is 10.3. The summed E-state index contributed by atoms with van der Waals surface area (Å²) >= 11 is 5.79. The van der Waals surface area contributed by atoms with Crippen LogP contribution in [0.5, 0.6) is 0 Å². The quantitative estimate of drug-likeness (QED) is 0.861. The highest BCUT2D eigenvalue weighted by atomic mass is 35.7. The summed E-state index contributed by atoms with van der Waals surface area (Å²) in [4.78, 5) is 11.6. The second-order valence-corrected chi connectivity index (χ2v) is 6.96. The van der Waals surface area contributed by atoms with E-state index in [0.29, 0.717) is 0 Å². The van der Waals surface area contributed by atoms with Gasteiger partial charge in [0.2, 0.25) is 0 Å². The smallest absolute Gasteiger partial charge is 0.262 e. The zero-order chi connectivity index (χ0) is 15.6. The van der Waals surface area contributed by atoms with Gasteiger partial charge in [0.15, 0.2) is 0 Å². The lowest BCUT2D eigenvalue weighted by Crippen LogP contribution is -2.13. The van der Waals surface area contributed by atoms with Crippen molar-refractivity contribution in [2.24, 2.45) is 0 Å². The zero-order valence-corrected chi connectivity index (χ0v) is 12.6. The van der Waals surface area contributed by atoms with Gasteiger partial charge in [0, 0.05) is 16.4 Å². The number of carbonyl (C=O) groups is 1. The summed E-state index contributed by atoms with van der Waals surface area (Å²) in [7, 11) is 1.22. The molecule has 0 bridgehead atoms. The largest absolute Gasteiger partial charge is 0.322 e. The van der Waals surface area contributed by atoms with Gasteiger partial charge in [-0.25, -0.2) is 12.8 Å². The highest BCUT2D eigenvalue weighted by Crippen LogP contribution is 2.27. The number of anilines is 1. The first-order chi connectivity index (χ1) is 9.79. The van der Waals surface area contributed by atoms with E-state index >= 15 is 0 Å². The van der Waals surface area contributed by atoms with Crippen LogP contribution in [0.1, 0.15) is 10.4 Å². The highest BCUT2D eigenvalue weighted by molar-refractivity contribution is 8.13. The van der Waals surface area contributed by atoms with E-state index in [1.54, 1.807) is 0 Å². The summed E-state index contributed by atoms with van der Waals surface area (Å²) in [6.45, 7) is 0. The van der Waals surface area contributed by atoms with Crippen LogP contribution < -0.4 is 5.32 Å². The van der Waals surface area contributed by atoms with E-state index in [9.17, 15) is 17.6 Å². The van der Waals surface area contributed by atoms with Crippen molar-refractivity contribution in [2.75, 3.05) is 5.32 Å². The van der Waals surface area contributed by atoms with Gasteiger partial charge in [-0.3, -0.25) is 4.79 Å². The number of halogens is 3. The van der Waals surface area contributed by atoms with Gasteiger partial charge in [-0.05, 0) is 30.3 Å². The number of hydrogen-bond acceptors (Lipinski definition) is 3. The van der Waals surface area contributed by atoms with Crippen molar-refractivity contribution in [3.63, 3.8) is 0 Å². The molecule has 0 saturated heterocycles. The summed E-state index contributed by atoms with van der Waals surface area (Å²) < 4.78 is 35.9. The molecule has 0 radical (unpaired) electrons. The molecule has 8 heteroatoms. The first-order valence-corrected chi connectivity index (χ1v) is 8.28. The molecule has 0 atom stereocenters. The molecule has 2 aromatic carbocycles. The summed E-state index contributed by atoms with van der Waals surface area (Å²) in [5.74, 6) is -1.34. The van der Waals surface area contributed by atoms with Gasteiger partial charge < -0.3 is 5.32 Å². The molecular weight excluding hydrogens is 340 g/mol. The molecule has 110 valence electrons. The van der Waals surface area contributed by atoms with E-state index in [2.05, 4.69) is 5.32 Å². The SMILES string of the molecule is O=C(Nc1ccc(S(=O)(=O)Cl)c(Cl)c1)c1ccccc1F. The summed E-state index contributed by atoms with van der Waals surface area (Å²) in [5.41, 5.74) is 0.0833. The Labute approximate surface area is 129 Å². The molecule has 2 rings (SSSR count). The topological polar surface area (TPSA) is 63.2 Å². The van der Waals surface area contributed by atoms with Gasteiger partial charge in [0.05, 0.1) is 10.6 Å². The van der Waals surface area contributed by atoms with E-state index in [4.69, 9.17) is 22.3 Å². The number of amides is 1. The van der Waals surface area contributed by atoms with Gasteiger partial charge in [0.25, 0.3) is 15.0 Å². The van der Waals surface area contributed by atoms with Crippen LogP contribution >= 0.6 is 22.3 Å². The first-order valence-electron chi connectivity index (χ1n) is 5.59. The Morgan fingerprint density at radius 1 is 1.14 bits per heavy atom. The van der Waals surface area contributed by atoms with E-state index in [1.165, 1.54) is 30.3 Å². The van der Waals surface area contributed by atoms with Crippen LogP contribution in [0.2, 0.25) is 5.02 Å². The normalized spacial score (nSPS) is 11.2. The molecule has 0 heterocycles. The molecule has 2 aromatic rings. The van der Waals surface area contributed by atoms with Gasteiger partial charge >= 0.3 is 0 Å². The van der Waals surface area contributed by atoms with E-state index in [-0.39, 0.29) is 21.2 Å². The average molecular weight is 348 g/mol. The number of benzene rings is 2. The molecule has 0 unspecified atom stereocenters. The molecule has 0 saturated carbocycles. The predicted molar refractivity (Wildman–Crippen MR) is 78.8 cm³/mol. The fourth-order valence-corrected chi connectivity index (χ4v) is 3.15. The minimum absolute atomic E-state index is 0.136. The Balaban J connectivity index is 2.27.